The van der Waals surface area contributed by atoms with Crippen LogP contribution in [0.15, 0.2) is 96.1 Å². The second kappa shape index (κ2) is 15.8. The SMILES string of the molecule is C/C=C(\C=C(\Cc1ccc(OCC)c(C)c1)C(C)Cl)C1CC(O)CC(CNc2cccc(NC(=O)c3ccccc3)c2)O1. The van der Waals surface area contributed by atoms with Gasteiger partial charge in [-0.05, 0) is 92.8 Å². The van der Waals surface area contributed by atoms with Crippen molar-refractivity contribution in [2.75, 3.05) is 23.8 Å². The van der Waals surface area contributed by atoms with Gasteiger partial charge >= 0.3 is 0 Å². The van der Waals surface area contributed by atoms with Crippen molar-refractivity contribution in [1.82, 2.24) is 0 Å². The Balaban J connectivity index is 1.40. The number of alkyl halides is 1. The van der Waals surface area contributed by atoms with Crippen molar-refractivity contribution in [3.63, 3.8) is 0 Å². The molecule has 1 aliphatic heterocycles. The van der Waals surface area contributed by atoms with Gasteiger partial charge in [-0.25, -0.2) is 0 Å². The van der Waals surface area contributed by atoms with Crippen LogP contribution in [-0.4, -0.2) is 47.9 Å². The van der Waals surface area contributed by atoms with E-state index in [4.69, 9.17) is 21.1 Å². The molecule has 1 heterocycles. The number of benzene rings is 3. The van der Waals surface area contributed by atoms with E-state index in [9.17, 15) is 9.90 Å². The molecule has 3 aromatic rings. The monoisotopic (exact) mass is 602 g/mol. The Bertz CT molecular complexity index is 1420. The molecule has 4 atom stereocenters. The van der Waals surface area contributed by atoms with Crippen molar-refractivity contribution in [2.24, 2.45) is 0 Å². The first-order valence-electron chi connectivity index (χ1n) is 15.0. The molecule has 3 N–H and O–H groups in total. The number of rotatable bonds is 12. The second-order valence-corrected chi connectivity index (χ2v) is 11.6. The fourth-order valence-electron chi connectivity index (χ4n) is 5.33. The van der Waals surface area contributed by atoms with Crippen molar-refractivity contribution in [2.45, 2.75) is 70.6 Å². The fraction of sp³-hybridized carbons (Fsp3) is 0.361. The minimum absolute atomic E-state index is 0.158. The highest BCUT2D eigenvalue weighted by molar-refractivity contribution is 6.22. The molecule has 6 nitrogen and oxygen atoms in total. The van der Waals surface area contributed by atoms with E-state index in [0.29, 0.717) is 43.7 Å². The molecule has 1 amide bonds. The molecule has 0 aliphatic carbocycles. The topological polar surface area (TPSA) is 79.8 Å². The third-order valence-electron chi connectivity index (χ3n) is 7.58. The van der Waals surface area contributed by atoms with Crippen LogP contribution in [0.1, 0.15) is 55.1 Å². The van der Waals surface area contributed by atoms with Gasteiger partial charge in [-0.2, -0.15) is 0 Å². The summed E-state index contributed by atoms with van der Waals surface area (Å²) in [6, 6.07) is 23.0. The summed E-state index contributed by atoms with van der Waals surface area (Å²) in [5.41, 5.74) is 6.54. The molecule has 4 rings (SSSR count). The van der Waals surface area contributed by atoms with Crippen LogP contribution in [0.4, 0.5) is 11.4 Å². The van der Waals surface area contributed by atoms with Gasteiger partial charge in [0.15, 0.2) is 0 Å². The number of hydrogen-bond acceptors (Lipinski definition) is 5. The largest absolute Gasteiger partial charge is 0.494 e. The predicted molar refractivity (Wildman–Crippen MR) is 176 cm³/mol. The summed E-state index contributed by atoms with van der Waals surface area (Å²) in [4.78, 5) is 12.6. The number of aliphatic hydroxyl groups excluding tert-OH is 1. The number of aryl methyl sites for hydroxylation is 1. The zero-order chi connectivity index (χ0) is 30.8. The van der Waals surface area contributed by atoms with E-state index in [1.165, 1.54) is 5.56 Å². The van der Waals surface area contributed by atoms with E-state index >= 15 is 0 Å². The lowest BCUT2D eigenvalue weighted by Gasteiger charge is -2.34. The first kappa shape index (κ1) is 32.3. The maximum atomic E-state index is 12.6. The van der Waals surface area contributed by atoms with Gasteiger partial charge in [0.25, 0.3) is 5.91 Å². The van der Waals surface area contributed by atoms with Gasteiger partial charge in [-0.15, -0.1) is 11.6 Å². The van der Waals surface area contributed by atoms with Gasteiger partial charge in [0, 0.05) is 36.3 Å². The van der Waals surface area contributed by atoms with Gasteiger partial charge in [0.1, 0.15) is 5.75 Å². The molecular formula is C36H43ClN2O4. The number of nitrogens with one attached hydrogen (secondary N) is 2. The van der Waals surface area contributed by atoms with E-state index in [1.807, 2.05) is 69.3 Å². The molecule has 0 radical (unpaired) electrons. The minimum Gasteiger partial charge on any atom is -0.494 e. The van der Waals surface area contributed by atoms with Crippen molar-refractivity contribution in [3.8, 4) is 5.75 Å². The van der Waals surface area contributed by atoms with Gasteiger partial charge in [0.2, 0.25) is 0 Å². The van der Waals surface area contributed by atoms with Crippen LogP contribution < -0.4 is 15.4 Å². The minimum atomic E-state index is -0.476. The normalized spacial score (nSPS) is 19.9. The second-order valence-electron chi connectivity index (χ2n) is 11.0. The molecular weight excluding hydrogens is 560 g/mol. The third-order valence-corrected chi connectivity index (χ3v) is 7.86. The van der Waals surface area contributed by atoms with Gasteiger partial charge in [0.05, 0.1) is 30.3 Å². The fourth-order valence-corrected chi connectivity index (χ4v) is 5.47. The summed E-state index contributed by atoms with van der Waals surface area (Å²) < 4.78 is 12.2. The Labute approximate surface area is 260 Å². The lowest BCUT2D eigenvalue weighted by Crippen LogP contribution is -2.40. The predicted octanol–water partition coefficient (Wildman–Crippen LogP) is 7.71. The zero-order valence-corrected chi connectivity index (χ0v) is 26.2. The number of halogens is 1. The summed E-state index contributed by atoms with van der Waals surface area (Å²) in [5, 5.41) is 17.0. The highest BCUT2D eigenvalue weighted by atomic mass is 35.5. The number of aliphatic hydroxyl groups is 1. The van der Waals surface area contributed by atoms with E-state index in [1.54, 1.807) is 12.1 Å². The Kier molecular flexibility index (Phi) is 11.9. The van der Waals surface area contributed by atoms with E-state index in [-0.39, 0.29) is 23.5 Å². The van der Waals surface area contributed by atoms with Crippen molar-refractivity contribution in [1.29, 1.82) is 0 Å². The molecule has 228 valence electrons. The molecule has 0 spiro atoms. The number of carbonyl (C=O) groups is 1. The molecule has 0 aromatic heterocycles. The Morgan fingerprint density at radius 3 is 2.56 bits per heavy atom. The van der Waals surface area contributed by atoms with E-state index in [0.717, 1.165) is 28.1 Å². The molecule has 1 fully saturated rings. The van der Waals surface area contributed by atoms with Crippen LogP contribution in [0.25, 0.3) is 0 Å². The zero-order valence-electron chi connectivity index (χ0n) is 25.5. The number of allylic oxidation sites excluding steroid dienone is 2. The maximum Gasteiger partial charge on any atom is 0.255 e. The Hall–Kier alpha value is -3.58. The molecule has 0 bridgehead atoms. The maximum absolute atomic E-state index is 12.6. The summed E-state index contributed by atoms with van der Waals surface area (Å²) in [7, 11) is 0. The average molecular weight is 603 g/mol. The van der Waals surface area contributed by atoms with Gasteiger partial charge in [-0.3, -0.25) is 4.79 Å². The van der Waals surface area contributed by atoms with Gasteiger partial charge < -0.3 is 25.2 Å². The van der Waals surface area contributed by atoms with Crippen LogP contribution in [0.2, 0.25) is 0 Å². The number of amides is 1. The number of ether oxygens (including phenoxy) is 2. The van der Waals surface area contributed by atoms with Crippen molar-refractivity contribution < 1.29 is 19.4 Å². The van der Waals surface area contributed by atoms with Crippen LogP contribution in [0.3, 0.4) is 0 Å². The number of anilines is 2. The molecule has 4 unspecified atom stereocenters. The molecule has 7 heteroatoms. The molecule has 43 heavy (non-hydrogen) atoms. The summed E-state index contributed by atoms with van der Waals surface area (Å²) in [5.74, 6) is 0.743. The van der Waals surface area contributed by atoms with Crippen LogP contribution >= 0.6 is 11.6 Å². The van der Waals surface area contributed by atoms with Crippen molar-refractivity contribution >= 4 is 28.9 Å². The third kappa shape index (κ3) is 9.45. The van der Waals surface area contributed by atoms with Crippen molar-refractivity contribution in [3.05, 3.63) is 113 Å². The standard InChI is InChI=1S/C36H43ClN2O4/c1-5-27(19-29(25(4)37)18-26-15-16-34(42-6-2)24(3)17-26)35-22-32(40)21-33(43-35)23-38-30-13-10-14-31(20-30)39-36(41)28-11-8-7-9-12-28/h5,7-17,19-20,25,32-33,35,38,40H,6,18,21-23H2,1-4H3,(H,39,41)/b27-5+,29-19-. The summed E-state index contributed by atoms with van der Waals surface area (Å²) >= 11 is 6.66. The molecule has 1 saturated heterocycles. The van der Waals surface area contributed by atoms with E-state index in [2.05, 4.69) is 41.8 Å². The Morgan fingerprint density at radius 1 is 1.09 bits per heavy atom. The van der Waals surface area contributed by atoms with Crippen LogP contribution in [0, 0.1) is 6.92 Å². The summed E-state index contributed by atoms with van der Waals surface area (Å²) in [6.45, 7) is 9.19. The first-order chi connectivity index (χ1) is 20.7. The average Bonchev–Trinajstić information content (AvgIpc) is 3.00. The quantitative estimate of drug-likeness (QED) is 0.146. The number of carbonyl (C=O) groups excluding carboxylic acids is 1. The lowest BCUT2D eigenvalue weighted by atomic mass is 9.92. The van der Waals surface area contributed by atoms with Gasteiger partial charge in [-0.1, -0.05) is 48.6 Å². The lowest BCUT2D eigenvalue weighted by molar-refractivity contribution is -0.0728. The smallest absolute Gasteiger partial charge is 0.255 e. The number of hydrogen-bond donors (Lipinski definition) is 3. The highest BCUT2D eigenvalue weighted by Crippen LogP contribution is 2.29. The summed E-state index contributed by atoms with van der Waals surface area (Å²) in [6.07, 6.45) is 5.06. The first-order valence-corrected chi connectivity index (χ1v) is 15.5. The van der Waals surface area contributed by atoms with E-state index < -0.39 is 6.10 Å². The highest BCUT2D eigenvalue weighted by Gasteiger charge is 2.30. The molecule has 3 aromatic carbocycles. The van der Waals surface area contributed by atoms with Crippen LogP contribution in [0.5, 0.6) is 5.75 Å². The molecule has 0 saturated carbocycles. The Morgan fingerprint density at radius 2 is 1.86 bits per heavy atom. The van der Waals surface area contributed by atoms with Crippen LogP contribution in [-0.2, 0) is 11.2 Å². The molecule has 1 aliphatic rings.